The molecule has 19 heavy (non-hydrogen) atoms. The summed E-state index contributed by atoms with van der Waals surface area (Å²) < 4.78 is 0. The molecule has 2 N–H and O–H groups in total. The summed E-state index contributed by atoms with van der Waals surface area (Å²) in [5.74, 6) is -0.233. The first-order chi connectivity index (χ1) is 8.83. The quantitative estimate of drug-likeness (QED) is 0.821. The van der Waals surface area contributed by atoms with Gasteiger partial charge in [-0.2, -0.15) is 0 Å². The summed E-state index contributed by atoms with van der Waals surface area (Å²) in [6.07, 6.45) is 0.420. The number of nitrogens with zero attached hydrogens (tertiary/aromatic N) is 1. The van der Waals surface area contributed by atoms with Gasteiger partial charge in [-0.25, -0.2) is 0 Å². The third-order valence-corrected chi connectivity index (χ3v) is 3.53. The predicted molar refractivity (Wildman–Crippen MR) is 80.0 cm³/mol. The lowest BCUT2D eigenvalue weighted by atomic mass is 9.84. The maximum absolute atomic E-state index is 11.0. The summed E-state index contributed by atoms with van der Waals surface area (Å²) in [7, 11) is 0. The van der Waals surface area contributed by atoms with Crippen LogP contribution in [-0.4, -0.2) is 29.9 Å². The summed E-state index contributed by atoms with van der Waals surface area (Å²) in [6.45, 7) is 10.4. The Morgan fingerprint density at radius 2 is 1.84 bits per heavy atom. The lowest BCUT2D eigenvalue weighted by Gasteiger charge is -2.35. The Morgan fingerprint density at radius 3 is 2.32 bits per heavy atom. The van der Waals surface area contributed by atoms with Crippen LogP contribution in [0, 0.1) is 0 Å². The lowest BCUT2D eigenvalue weighted by Crippen LogP contribution is -2.42. The van der Waals surface area contributed by atoms with Crippen molar-refractivity contribution in [3.8, 4) is 0 Å². The van der Waals surface area contributed by atoms with Crippen LogP contribution < -0.4 is 5.73 Å². The van der Waals surface area contributed by atoms with E-state index in [-0.39, 0.29) is 11.3 Å². The second-order valence-corrected chi connectivity index (χ2v) is 6.03. The summed E-state index contributed by atoms with van der Waals surface area (Å²) >= 11 is 0. The normalized spacial score (nSPS) is 12.1. The van der Waals surface area contributed by atoms with Crippen LogP contribution in [0.4, 0.5) is 0 Å². The molecule has 0 aliphatic heterocycles. The first-order valence-electron chi connectivity index (χ1n) is 6.91. The number of rotatable bonds is 7. The fourth-order valence-electron chi connectivity index (χ4n) is 2.26. The topological polar surface area (TPSA) is 46.3 Å². The zero-order valence-corrected chi connectivity index (χ0v) is 12.5. The van der Waals surface area contributed by atoms with Crippen LogP contribution in [-0.2, 0) is 10.2 Å². The molecule has 0 aliphatic rings. The van der Waals surface area contributed by atoms with Crippen molar-refractivity contribution in [3.63, 3.8) is 0 Å². The van der Waals surface area contributed by atoms with E-state index in [1.54, 1.807) is 0 Å². The standard InChI is InChI=1S/C16H26N2O/c1-13(2)18(11-10-15(17)19)12-16(3,4)14-8-6-5-7-9-14/h5-9,13H,10-12H2,1-4H3,(H2,17,19). The number of hydrogen-bond donors (Lipinski definition) is 1. The van der Waals surface area contributed by atoms with E-state index in [4.69, 9.17) is 5.73 Å². The molecule has 0 radical (unpaired) electrons. The van der Waals surface area contributed by atoms with Crippen LogP contribution in [0.3, 0.4) is 0 Å². The minimum atomic E-state index is -0.233. The highest BCUT2D eigenvalue weighted by Gasteiger charge is 2.25. The van der Waals surface area contributed by atoms with Crippen molar-refractivity contribution in [1.29, 1.82) is 0 Å². The van der Waals surface area contributed by atoms with E-state index in [2.05, 4.69) is 56.9 Å². The Labute approximate surface area is 116 Å². The van der Waals surface area contributed by atoms with Crippen molar-refractivity contribution in [2.24, 2.45) is 5.73 Å². The van der Waals surface area contributed by atoms with Gasteiger partial charge in [0, 0.05) is 31.0 Å². The third kappa shape index (κ3) is 5.03. The Bertz CT molecular complexity index is 398. The highest BCUT2D eigenvalue weighted by molar-refractivity contribution is 5.73. The maximum atomic E-state index is 11.0. The zero-order chi connectivity index (χ0) is 14.5. The van der Waals surface area contributed by atoms with Crippen molar-refractivity contribution in [2.45, 2.75) is 45.6 Å². The van der Waals surface area contributed by atoms with Gasteiger partial charge in [0.05, 0.1) is 0 Å². The first-order valence-corrected chi connectivity index (χ1v) is 6.91. The Morgan fingerprint density at radius 1 is 1.26 bits per heavy atom. The van der Waals surface area contributed by atoms with E-state index in [0.717, 1.165) is 13.1 Å². The minimum Gasteiger partial charge on any atom is -0.370 e. The Kier molecular flexibility index (Phi) is 5.55. The average Bonchev–Trinajstić information content (AvgIpc) is 2.35. The number of hydrogen-bond acceptors (Lipinski definition) is 2. The van der Waals surface area contributed by atoms with Crippen molar-refractivity contribution in [3.05, 3.63) is 35.9 Å². The maximum Gasteiger partial charge on any atom is 0.218 e. The van der Waals surface area contributed by atoms with Crippen LogP contribution in [0.1, 0.15) is 39.7 Å². The van der Waals surface area contributed by atoms with E-state index < -0.39 is 0 Å². The van der Waals surface area contributed by atoms with E-state index in [1.165, 1.54) is 5.56 Å². The molecule has 3 heteroatoms. The van der Waals surface area contributed by atoms with Crippen LogP contribution in [0.5, 0.6) is 0 Å². The average molecular weight is 262 g/mol. The smallest absolute Gasteiger partial charge is 0.218 e. The molecule has 0 fully saturated rings. The molecule has 1 amide bonds. The van der Waals surface area contributed by atoms with Crippen molar-refractivity contribution < 1.29 is 4.79 Å². The van der Waals surface area contributed by atoms with Gasteiger partial charge in [-0.3, -0.25) is 9.69 Å². The largest absolute Gasteiger partial charge is 0.370 e. The van der Waals surface area contributed by atoms with Gasteiger partial charge in [0.15, 0.2) is 0 Å². The molecule has 0 saturated carbocycles. The monoisotopic (exact) mass is 262 g/mol. The minimum absolute atomic E-state index is 0.0587. The van der Waals surface area contributed by atoms with E-state index in [1.807, 2.05) is 6.07 Å². The number of nitrogens with two attached hydrogens (primary N) is 1. The molecule has 0 spiro atoms. The molecule has 1 aromatic rings. The second kappa shape index (κ2) is 6.71. The summed E-state index contributed by atoms with van der Waals surface area (Å²) in [5.41, 5.74) is 6.63. The molecule has 0 aliphatic carbocycles. The highest BCUT2D eigenvalue weighted by atomic mass is 16.1. The van der Waals surface area contributed by atoms with Crippen molar-refractivity contribution in [1.82, 2.24) is 4.90 Å². The summed E-state index contributed by atoms with van der Waals surface area (Å²) in [5, 5.41) is 0. The molecule has 0 bridgehead atoms. The van der Waals surface area contributed by atoms with Crippen molar-refractivity contribution in [2.75, 3.05) is 13.1 Å². The SMILES string of the molecule is CC(C)N(CCC(N)=O)CC(C)(C)c1ccccc1. The van der Waals surface area contributed by atoms with E-state index in [9.17, 15) is 4.79 Å². The molecule has 1 rings (SSSR count). The molecule has 0 aromatic heterocycles. The molecular formula is C16H26N2O. The molecule has 0 atom stereocenters. The lowest BCUT2D eigenvalue weighted by molar-refractivity contribution is -0.118. The van der Waals surface area contributed by atoms with E-state index >= 15 is 0 Å². The molecule has 0 saturated heterocycles. The summed E-state index contributed by atoms with van der Waals surface area (Å²) in [6, 6.07) is 10.9. The van der Waals surface area contributed by atoms with Crippen molar-refractivity contribution >= 4 is 5.91 Å². The fourth-order valence-corrected chi connectivity index (χ4v) is 2.26. The molecule has 1 aromatic carbocycles. The number of benzene rings is 1. The van der Waals surface area contributed by atoms with Gasteiger partial charge in [0.25, 0.3) is 0 Å². The molecular weight excluding hydrogens is 236 g/mol. The van der Waals surface area contributed by atoms with Gasteiger partial charge in [-0.05, 0) is 19.4 Å². The first kappa shape index (κ1) is 15.7. The molecule has 0 unspecified atom stereocenters. The van der Waals surface area contributed by atoms with E-state index in [0.29, 0.717) is 12.5 Å². The number of carbonyl (C=O) groups excluding carboxylic acids is 1. The van der Waals surface area contributed by atoms with Gasteiger partial charge in [0.1, 0.15) is 0 Å². The van der Waals surface area contributed by atoms with Gasteiger partial charge in [-0.1, -0.05) is 44.2 Å². The Balaban J connectivity index is 2.75. The zero-order valence-electron chi connectivity index (χ0n) is 12.5. The van der Waals surface area contributed by atoms with Gasteiger partial charge in [0.2, 0.25) is 5.91 Å². The Hall–Kier alpha value is -1.35. The second-order valence-electron chi connectivity index (χ2n) is 6.03. The number of primary amides is 1. The fraction of sp³-hybridized carbons (Fsp3) is 0.562. The molecule has 106 valence electrons. The molecule has 3 nitrogen and oxygen atoms in total. The summed E-state index contributed by atoms with van der Waals surface area (Å²) in [4.78, 5) is 13.3. The van der Waals surface area contributed by atoms with Gasteiger partial charge in [-0.15, -0.1) is 0 Å². The molecule has 0 heterocycles. The predicted octanol–water partition coefficient (Wildman–Crippen LogP) is 2.55. The third-order valence-electron chi connectivity index (χ3n) is 3.53. The van der Waals surface area contributed by atoms with Crippen LogP contribution >= 0.6 is 0 Å². The van der Waals surface area contributed by atoms with Crippen LogP contribution in [0.15, 0.2) is 30.3 Å². The van der Waals surface area contributed by atoms with Gasteiger partial charge >= 0.3 is 0 Å². The number of carbonyl (C=O) groups is 1. The van der Waals surface area contributed by atoms with Crippen LogP contribution in [0.25, 0.3) is 0 Å². The number of amides is 1. The highest BCUT2D eigenvalue weighted by Crippen LogP contribution is 2.25. The van der Waals surface area contributed by atoms with Gasteiger partial charge < -0.3 is 5.73 Å². The van der Waals surface area contributed by atoms with Crippen LogP contribution in [0.2, 0.25) is 0 Å².